The molecule has 2 rings (SSSR count). The molecular formula is C10H19NO4. The average Bonchev–Trinajstić information content (AvgIpc) is 2.17. The quantitative estimate of drug-likeness (QED) is 0.741. The zero-order valence-electron chi connectivity index (χ0n) is 9.27. The lowest BCUT2D eigenvalue weighted by molar-refractivity contribution is -0.289. The topological polar surface area (TPSA) is 49.0 Å². The van der Waals surface area contributed by atoms with E-state index < -0.39 is 12.8 Å². The van der Waals surface area contributed by atoms with E-state index in [0.717, 1.165) is 12.8 Å². The minimum absolute atomic E-state index is 0.220. The fourth-order valence-electron chi connectivity index (χ4n) is 1.60. The molecule has 0 aliphatic carbocycles. The zero-order chi connectivity index (χ0) is 10.7. The predicted molar refractivity (Wildman–Crippen MR) is 52.9 cm³/mol. The summed E-state index contributed by atoms with van der Waals surface area (Å²) in [6.45, 7) is 5.48. The molecule has 5 nitrogen and oxygen atoms in total. The maximum absolute atomic E-state index is 5.53. The first-order valence-electron chi connectivity index (χ1n) is 5.54. The Morgan fingerprint density at radius 3 is 1.73 bits per heavy atom. The van der Waals surface area contributed by atoms with Crippen LogP contribution in [0.4, 0.5) is 0 Å². The lowest BCUT2D eigenvalue weighted by Gasteiger charge is -2.34. The molecule has 0 saturated carbocycles. The Morgan fingerprint density at radius 1 is 0.867 bits per heavy atom. The van der Waals surface area contributed by atoms with Crippen LogP contribution in [0.2, 0.25) is 0 Å². The molecule has 5 heteroatoms. The largest absolute Gasteiger partial charge is 0.340 e. The van der Waals surface area contributed by atoms with E-state index in [1.807, 2.05) is 13.8 Å². The minimum Gasteiger partial charge on any atom is -0.340 e. The van der Waals surface area contributed by atoms with Gasteiger partial charge in [0, 0.05) is 0 Å². The average molecular weight is 217 g/mol. The summed E-state index contributed by atoms with van der Waals surface area (Å²) in [6, 6.07) is 0. The monoisotopic (exact) mass is 217 g/mol. The SMILES string of the molecule is CC1CCOC(NC2OCCC(C)O2)O1. The second-order valence-corrected chi connectivity index (χ2v) is 4.04. The van der Waals surface area contributed by atoms with Crippen molar-refractivity contribution in [3.63, 3.8) is 0 Å². The maximum atomic E-state index is 5.53. The number of hydrogen-bond acceptors (Lipinski definition) is 5. The van der Waals surface area contributed by atoms with Gasteiger partial charge in [0.25, 0.3) is 0 Å². The van der Waals surface area contributed by atoms with E-state index in [0.29, 0.717) is 13.2 Å². The van der Waals surface area contributed by atoms with Crippen LogP contribution in [-0.4, -0.2) is 38.2 Å². The molecule has 0 aromatic carbocycles. The number of rotatable bonds is 2. The van der Waals surface area contributed by atoms with E-state index in [2.05, 4.69) is 5.32 Å². The Morgan fingerprint density at radius 2 is 1.33 bits per heavy atom. The molecule has 2 aliphatic rings. The summed E-state index contributed by atoms with van der Waals surface area (Å²) >= 11 is 0. The van der Waals surface area contributed by atoms with Crippen LogP contribution in [0.15, 0.2) is 0 Å². The van der Waals surface area contributed by atoms with Crippen molar-refractivity contribution in [2.24, 2.45) is 0 Å². The van der Waals surface area contributed by atoms with E-state index in [-0.39, 0.29) is 12.2 Å². The molecule has 0 spiro atoms. The molecule has 4 atom stereocenters. The van der Waals surface area contributed by atoms with Crippen LogP contribution in [0.1, 0.15) is 26.7 Å². The highest BCUT2D eigenvalue weighted by Gasteiger charge is 2.26. The van der Waals surface area contributed by atoms with Crippen molar-refractivity contribution in [3.8, 4) is 0 Å². The van der Waals surface area contributed by atoms with Crippen molar-refractivity contribution in [1.29, 1.82) is 0 Å². The van der Waals surface area contributed by atoms with Crippen molar-refractivity contribution in [3.05, 3.63) is 0 Å². The number of hydrogen-bond donors (Lipinski definition) is 1. The predicted octanol–water partition coefficient (Wildman–Crippen LogP) is 0.794. The molecule has 0 amide bonds. The van der Waals surface area contributed by atoms with Crippen LogP contribution in [0.5, 0.6) is 0 Å². The summed E-state index contributed by atoms with van der Waals surface area (Å²) in [7, 11) is 0. The molecule has 1 N–H and O–H groups in total. The Kier molecular flexibility index (Phi) is 3.93. The van der Waals surface area contributed by atoms with Crippen LogP contribution in [0.3, 0.4) is 0 Å². The van der Waals surface area contributed by atoms with E-state index >= 15 is 0 Å². The van der Waals surface area contributed by atoms with Gasteiger partial charge < -0.3 is 18.9 Å². The molecule has 0 bridgehead atoms. The molecule has 0 aromatic rings. The molecule has 15 heavy (non-hydrogen) atoms. The van der Waals surface area contributed by atoms with Crippen molar-refractivity contribution in [2.45, 2.75) is 51.7 Å². The first-order valence-corrected chi connectivity index (χ1v) is 5.54. The maximum Gasteiger partial charge on any atom is 0.220 e. The van der Waals surface area contributed by atoms with Gasteiger partial charge in [0.15, 0.2) is 0 Å². The third-order valence-corrected chi connectivity index (χ3v) is 2.57. The van der Waals surface area contributed by atoms with Gasteiger partial charge in [0.2, 0.25) is 12.8 Å². The Labute approximate surface area is 90.0 Å². The van der Waals surface area contributed by atoms with Crippen LogP contribution in [0.25, 0.3) is 0 Å². The van der Waals surface area contributed by atoms with Crippen LogP contribution >= 0.6 is 0 Å². The summed E-state index contributed by atoms with van der Waals surface area (Å²) in [5.74, 6) is 0. The van der Waals surface area contributed by atoms with Crippen molar-refractivity contribution in [1.82, 2.24) is 5.32 Å². The van der Waals surface area contributed by atoms with Crippen molar-refractivity contribution in [2.75, 3.05) is 13.2 Å². The molecule has 2 heterocycles. The van der Waals surface area contributed by atoms with E-state index in [1.165, 1.54) is 0 Å². The Balaban J connectivity index is 1.75. The van der Waals surface area contributed by atoms with Crippen LogP contribution in [-0.2, 0) is 18.9 Å². The summed E-state index contributed by atoms with van der Waals surface area (Å²) < 4.78 is 21.8. The molecule has 0 aromatic heterocycles. The van der Waals surface area contributed by atoms with Gasteiger partial charge in [0.05, 0.1) is 25.4 Å². The van der Waals surface area contributed by atoms with Gasteiger partial charge in [-0.1, -0.05) is 0 Å². The van der Waals surface area contributed by atoms with Gasteiger partial charge in [-0.25, -0.2) is 5.32 Å². The highest BCUT2D eigenvalue weighted by atomic mass is 16.7. The number of ether oxygens (including phenoxy) is 4. The molecule has 4 unspecified atom stereocenters. The molecule has 0 radical (unpaired) electrons. The third-order valence-electron chi connectivity index (χ3n) is 2.57. The molecule has 88 valence electrons. The minimum atomic E-state index is -0.413. The smallest absolute Gasteiger partial charge is 0.220 e. The lowest BCUT2D eigenvalue weighted by atomic mass is 10.3. The van der Waals surface area contributed by atoms with E-state index in [9.17, 15) is 0 Å². The summed E-state index contributed by atoms with van der Waals surface area (Å²) in [5.41, 5.74) is 0. The Bertz CT molecular complexity index is 182. The van der Waals surface area contributed by atoms with Gasteiger partial charge in [0.1, 0.15) is 0 Å². The standard InChI is InChI=1S/C10H19NO4/c1-7-3-5-12-9(14-7)11-10-13-6-4-8(2)15-10/h7-11H,3-6H2,1-2H3. The zero-order valence-corrected chi connectivity index (χ0v) is 9.27. The molecule has 2 saturated heterocycles. The van der Waals surface area contributed by atoms with Crippen molar-refractivity contribution >= 4 is 0 Å². The fourth-order valence-corrected chi connectivity index (χ4v) is 1.60. The summed E-state index contributed by atoms with van der Waals surface area (Å²) in [4.78, 5) is 0. The van der Waals surface area contributed by atoms with Crippen LogP contribution < -0.4 is 5.32 Å². The molecule has 2 aliphatic heterocycles. The van der Waals surface area contributed by atoms with Gasteiger partial charge in [-0.3, -0.25) is 0 Å². The summed E-state index contributed by atoms with van der Waals surface area (Å²) in [6.07, 6.45) is 1.48. The Hall–Kier alpha value is -0.200. The normalized spacial score (nSPS) is 42.8. The molecular weight excluding hydrogens is 198 g/mol. The van der Waals surface area contributed by atoms with E-state index in [4.69, 9.17) is 18.9 Å². The third kappa shape index (κ3) is 3.39. The second-order valence-electron chi connectivity index (χ2n) is 4.04. The molecule has 2 fully saturated rings. The first-order chi connectivity index (χ1) is 7.24. The van der Waals surface area contributed by atoms with Gasteiger partial charge >= 0.3 is 0 Å². The van der Waals surface area contributed by atoms with Gasteiger partial charge in [-0.15, -0.1) is 0 Å². The lowest BCUT2D eigenvalue weighted by Crippen LogP contribution is -2.50. The van der Waals surface area contributed by atoms with Crippen molar-refractivity contribution < 1.29 is 18.9 Å². The highest BCUT2D eigenvalue weighted by Crippen LogP contribution is 2.14. The summed E-state index contributed by atoms with van der Waals surface area (Å²) in [5, 5.41) is 3.03. The van der Waals surface area contributed by atoms with E-state index in [1.54, 1.807) is 0 Å². The van der Waals surface area contributed by atoms with Gasteiger partial charge in [-0.2, -0.15) is 0 Å². The first kappa shape index (κ1) is 11.3. The number of nitrogens with one attached hydrogen (secondary N) is 1. The van der Waals surface area contributed by atoms with Crippen LogP contribution in [0, 0.1) is 0 Å². The highest BCUT2D eigenvalue weighted by molar-refractivity contribution is 4.61. The van der Waals surface area contributed by atoms with Gasteiger partial charge in [-0.05, 0) is 26.7 Å². The second kappa shape index (κ2) is 5.23. The fraction of sp³-hybridized carbons (Fsp3) is 1.00.